The van der Waals surface area contributed by atoms with E-state index in [0.29, 0.717) is 12.1 Å². The predicted octanol–water partition coefficient (Wildman–Crippen LogP) is 0.407. The molecule has 48 heavy (non-hydrogen) atoms. The molecule has 0 aliphatic heterocycles. The number of ether oxygens (including phenoxy) is 1. The zero-order valence-corrected chi connectivity index (χ0v) is 26.1. The highest BCUT2D eigenvalue weighted by Crippen LogP contribution is 2.28. The van der Waals surface area contributed by atoms with Crippen molar-refractivity contribution in [2.45, 2.75) is 37.8 Å². The van der Waals surface area contributed by atoms with Gasteiger partial charge >= 0.3 is 11.9 Å². The van der Waals surface area contributed by atoms with Gasteiger partial charge in [-0.15, -0.1) is 5.48 Å². The van der Waals surface area contributed by atoms with E-state index in [4.69, 9.17) is 37.3 Å². The fraction of sp³-hybridized carbons (Fsp3) is 0.250. The number of carbonyl (C=O) groups excluding carboxylic acids is 5. The molecule has 16 nitrogen and oxygen atoms in total. The number of oxime groups is 1. The number of ketones is 1. The van der Waals surface area contributed by atoms with E-state index in [1.165, 1.54) is 0 Å². The molecule has 0 aliphatic carbocycles. The Balaban J connectivity index is 1.66. The Morgan fingerprint density at radius 2 is 1.56 bits per heavy atom. The van der Waals surface area contributed by atoms with Crippen LogP contribution in [0.5, 0.6) is 5.75 Å². The van der Waals surface area contributed by atoms with E-state index in [1.54, 1.807) is 48.5 Å². The van der Waals surface area contributed by atoms with Crippen molar-refractivity contribution in [1.82, 2.24) is 5.48 Å². The van der Waals surface area contributed by atoms with Crippen LogP contribution in [0, 0.1) is 0 Å². The highest BCUT2D eigenvalue weighted by molar-refractivity contribution is 6.07. The highest BCUT2D eigenvalue weighted by Gasteiger charge is 2.41. The van der Waals surface area contributed by atoms with Crippen LogP contribution in [0.1, 0.15) is 30.9 Å². The summed E-state index contributed by atoms with van der Waals surface area (Å²) in [5, 5.41) is 8.55. The van der Waals surface area contributed by atoms with E-state index in [0.717, 1.165) is 18.1 Å². The maximum absolute atomic E-state index is 12.9. The first-order valence-corrected chi connectivity index (χ1v) is 14.6. The van der Waals surface area contributed by atoms with Crippen LogP contribution in [0.25, 0.3) is 0 Å². The number of benzene rings is 3. The van der Waals surface area contributed by atoms with Crippen LogP contribution < -0.4 is 43.8 Å². The highest BCUT2D eigenvalue weighted by atomic mass is 16.7. The summed E-state index contributed by atoms with van der Waals surface area (Å²) in [6, 6.07) is 21.8. The quantitative estimate of drug-likeness (QED) is 0.0197. The molecule has 2 atom stereocenters. The van der Waals surface area contributed by atoms with E-state index < -0.39 is 47.7 Å². The Morgan fingerprint density at radius 1 is 0.896 bits per heavy atom. The lowest BCUT2D eigenvalue weighted by atomic mass is 9.93. The molecule has 2 amide bonds. The third-order valence-electron chi connectivity index (χ3n) is 6.71. The molecule has 16 heteroatoms. The van der Waals surface area contributed by atoms with Gasteiger partial charge in [0.2, 0.25) is 17.8 Å². The minimum atomic E-state index is -2.13. The molecule has 0 bridgehead atoms. The number of Topliss-reactive ketones (excluding diaryl/α,β-unsaturated/α-hetero) is 1. The van der Waals surface area contributed by atoms with Gasteiger partial charge in [0.25, 0.3) is 0 Å². The second-order valence-corrected chi connectivity index (χ2v) is 10.5. The fourth-order valence-electron chi connectivity index (χ4n) is 4.11. The normalized spacial score (nSPS) is 12.4. The number of amides is 2. The molecule has 0 heterocycles. The first-order valence-electron chi connectivity index (χ1n) is 14.6. The number of nitrogens with one attached hydrogen (secondary N) is 3. The minimum absolute atomic E-state index is 0.0222. The van der Waals surface area contributed by atoms with E-state index in [-0.39, 0.29) is 36.8 Å². The molecule has 0 saturated heterocycles. The maximum atomic E-state index is 12.9. The maximum Gasteiger partial charge on any atom is 0.352 e. The lowest BCUT2D eigenvalue weighted by molar-refractivity contribution is -0.162. The summed E-state index contributed by atoms with van der Waals surface area (Å²) >= 11 is 0. The van der Waals surface area contributed by atoms with E-state index in [1.807, 2.05) is 30.3 Å². The van der Waals surface area contributed by atoms with Gasteiger partial charge in [0, 0.05) is 12.1 Å². The Labute approximate surface area is 276 Å². The molecule has 11 N–H and O–H groups in total. The number of esters is 1. The molecular weight excluding hydrogens is 624 g/mol. The third-order valence-corrected chi connectivity index (χ3v) is 6.71. The molecule has 0 aromatic heterocycles. The molecule has 0 spiro atoms. The average Bonchev–Trinajstić information content (AvgIpc) is 3.04. The van der Waals surface area contributed by atoms with Gasteiger partial charge < -0.3 is 48.0 Å². The lowest BCUT2D eigenvalue weighted by Crippen LogP contribution is -2.56. The molecule has 0 aliphatic rings. The number of anilines is 2. The van der Waals surface area contributed by atoms with E-state index >= 15 is 0 Å². The summed E-state index contributed by atoms with van der Waals surface area (Å²) < 4.78 is 5.50. The fourth-order valence-corrected chi connectivity index (χ4v) is 4.11. The van der Waals surface area contributed by atoms with Crippen LogP contribution in [0.2, 0.25) is 0 Å². The van der Waals surface area contributed by atoms with Crippen molar-refractivity contribution >= 4 is 46.9 Å². The molecule has 0 radical (unpaired) electrons. The third kappa shape index (κ3) is 11.5. The van der Waals surface area contributed by atoms with Crippen molar-refractivity contribution in [3.8, 4) is 5.75 Å². The Bertz CT molecular complexity index is 1620. The van der Waals surface area contributed by atoms with Crippen molar-refractivity contribution in [2.24, 2.45) is 28.1 Å². The number of rotatable bonds is 17. The van der Waals surface area contributed by atoms with Gasteiger partial charge in [0.15, 0.2) is 17.1 Å². The van der Waals surface area contributed by atoms with Crippen LogP contribution in [0.15, 0.2) is 84.0 Å². The Kier molecular flexibility index (Phi) is 13.5. The molecule has 0 fully saturated rings. The van der Waals surface area contributed by atoms with Crippen molar-refractivity contribution in [1.29, 1.82) is 0 Å². The number of guanidine groups is 1. The van der Waals surface area contributed by atoms with Gasteiger partial charge in [-0.3, -0.25) is 19.2 Å². The zero-order chi connectivity index (χ0) is 35.1. The van der Waals surface area contributed by atoms with Crippen LogP contribution in [0.4, 0.5) is 11.4 Å². The molecule has 3 rings (SSSR count). The SMILES string of the molecule is CC(=O)C(N)(CCON=C(N)N)C(=O)ONCC(=O)Oc1cc(Cc2ccccc2)ccc1NC(=O)CC(N)C(=O)Nc1ccccc1. The summed E-state index contributed by atoms with van der Waals surface area (Å²) in [5.74, 6) is -4.42. The Morgan fingerprint density at radius 3 is 2.21 bits per heavy atom. The number of hydroxylamine groups is 1. The number of carbonyl (C=O) groups is 5. The number of hydrogen-bond acceptors (Lipinski definition) is 12. The molecule has 3 aromatic rings. The second-order valence-electron chi connectivity index (χ2n) is 10.5. The molecule has 0 saturated carbocycles. The summed E-state index contributed by atoms with van der Waals surface area (Å²) in [6.07, 6.45) is -0.223. The molecule has 2 unspecified atom stereocenters. The summed E-state index contributed by atoms with van der Waals surface area (Å²) in [7, 11) is 0. The van der Waals surface area contributed by atoms with Crippen molar-refractivity contribution in [3.63, 3.8) is 0 Å². The summed E-state index contributed by atoms with van der Waals surface area (Å²) in [6.45, 7) is 0.128. The largest absolute Gasteiger partial charge is 0.423 e. The van der Waals surface area contributed by atoms with E-state index in [9.17, 15) is 24.0 Å². The van der Waals surface area contributed by atoms with Gasteiger partial charge in [-0.25, -0.2) is 4.79 Å². The van der Waals surface area contributed by atoms with E-state index in [2.05, 4.69) is 21.3 Å². The minimum Gasteiger partial charge on any atom is -0.423 e. The molecule has 254 valence electrons. The smallest absolute Gasteiger partial charge is 0.352 e. The van der Waals surface area contributed by atoms with Crippen molar-refractivity contribution < 1.29 is 38.4 Å². The first kappa shape index (κ1) is 36.6. The number of para-hydroxylation sites is 1. The number of nitrogens with two attached hydrogens (primary N) is 4. The van der Waals surface area contributed by atoms with Gasteiger partial charge in [-0.2, -0.15) is 0 Å². The summed E-state index contributed by atoms with van der Waals surface area (Å²) in [4.78, 5) is 72.5. The van der Waals surface area contributed by atoms with Crippen LogP contribution in [-0.2, 0) is 40.1 Å². The Hall–Kier alpha value is -5.84. The number of hydrogen-bond donors (Lipinski definition) is 7. The second kappa shape index (κ2) is 17.7. The van der Waals surface area contributed by atoms with Crippen LogP contribution in [-0.4, -0.2) is 60.2 Å². The average molecular weight is 663 g/mol. The molecular formula is C32H38N8O8. The standard InChI is InChI=1S/C32H38N8O8/c1-20(41)32(36,14-15-46-40-31(34)35)30(45)48-37-19-28(43)47-26-17-22(16-21-8-4-2-5-9-21)12-13-25(26)39-27(42)18-24(33)29(44)38-23-10-6-3-7-11-23/h2-13,17,24,37H,14-16,18-19,33,36H2,1H3,(H,38,44)(H,39,42)(H4,34,35,40). The van der Waals surface area contributed by atoms with Crippen molar-refractivity contribution in [2.75, 3.05) is 23.8 Å². The van der Waals surface area contributed by atoms with Gasteiger partial charge in [0.1, 0.15) is 13.2 Å². The van der Waals surface area contributed by atoms with Crippen LogP contribution >= 0.6 is 0 Å². The zero-order valence-electron chi connectivity index (χ0n) is 26.1. The predicted molar refractivity (Wildman–Crippen MR) is 176 cm³/mol. The monoisotopic (exact) mass is 662 g/mol. The van der Waals surface area contributed by atoms with Crippen LogP contribution in [0.3, 0.4) is 0 Å². The number of nitrogens with zero attached hydrogens (tertiary/aromatic N) is 1. The van der Waals surface area contributed by atoms with Gasteiger partial charge in [-0.05, 0) is 53.9 Å². The topological polar surface area (TPSA) is 266 Å². The van der Waals surface area contributed by atoms with Gasteiger partial charge in [0.05, 0.1) is 18.2 Å². The summed E-state index contributed by atoms with van der Waals surface area (Å²) in [5.41, 5.74) is 24.6. The van der Waals surface area contributed by atoms with Crippen molar-refractivity contribution in [3.05, 3.63) is 90.0 Å². The first-order chi connectivity index (χ1) is 22.9. The lowest BCUT2D eigenvalue weighted by Gasteiger charge is -2.23. The van der Waals surface area contributed by atoms with Gasteiger partial charge in [-0.1, -0.05) is 54.6 Å². The molecule has 3 aromatic carbocycles.